The topological polar surface area (TPSA) is 0 Å². The van der Waals surface area contributed by atoms with Crippen LogP contribution in [0.15, 0.2) is 170 Å². The minimum atomic E-state index is -0.539. The van der Waals surface area contributed by atoms with Gasteiger partial charge in [0.05, 0.1) is 10.8 Å². The van der Waals surface area contributed by atoms with Crippen LogP contribution in [0.25, 0.3) is 11.1 Å². The van der Waals surface area contributed by atoms with E-state index in [1.54, 1.807) is 0 Å². The molecule has 0 fully saturated rings. The number of benzene rings is 6. The van der Waals surface area contributed by atoms with E-state index in [-0.39, 0.29) is 0 Å². The zero-order valence-corrected chi connectivity index (χ0v) is 21.2. The molecule has 0 amide bonds. The Morgan fingerprint density at radius 2 is 0.474 bits per heavy atom. The van der Waals surface area contributed by atoms with Gasteiger partial charge in [0.2, 0.25) is 0 Å². The summed E-state index contributed by atoms with van der Waals surface area (Å²) in [6.45, 7) is 0. The van der Waals surface area contributed by atoms with Gasteiger partial charge in [-0.2, -0.15) is 0 Å². The van der Waals surface area contributed by atoms with Crippen molar-refractivity contribution < 1.29 is 0 Å². The van der Waals surface area contributed by atoms with Gasteiger partial charge in [0.25, 0.3) is 0 Å². The molecule has 0 N–H and O–H groups in total. The Bertz CT molecular complexity index is 1470. The molecule has 0 bridgehead atoms. The van der Waals surface area contributed by atoms with Crippen LogP contribution in [0.4, 0.5) is 0 Å². The zero-order valence-electron chi connectivity index (χ0n) is 21.2. The molecule has 0 heterocycles. The molecule has 0 saturated carbocycles. The van der Waals surface area contributed by atoms with E-state index in [2.05, 4.69) is 170 Å². The Balaban J connectivity index is 1.82. The van der Waals surface area contributed by atoms with E-state index in [1.807, 2.05) is 0 Å². The van der Waals surface area contributed by atoms with Crippen LogP contribution in [0.2, 0.25) is 0 Å². The van der Waals surface area contributed by atoms with Gasteiger partial charge < -0.3 is 0 Å². The van der Waals surface area contributed by atoms with Crippen molar-refractivity contribution in [1.82, 2.24) is 0 Å². The first kappa shape index (κ1) is 22.5. The van der Waals surface area contributed by atoms with E-state index in [1.165, 1.54) is 44.5 Å². The Kier molecular flexibility index (Phi) is 5.34. The van der Waals surface area contributed by atoms with Crippen LogP contribution in [0, 0.1) is 0 Å². The van der Waals surface area contributed by atoms with Gasteiger partial charge in [0, 0.05) is 0 Å². The summed E-state index contributed by atoms with van der Waals surface area (Å²) < 4.78 is 0. The molecule has 0 nitrogen and oxygen atoms in total. The molecule has 1 aliphatic rings. The fourth-order valence-electron chi connectivity index (χ4n) is 7.07. The lowest BCUT2D eigenvalue weighted by molar-refractivity contribution is 0.415. The fourth-order valence-corrected chi connectivity index (χ4v) is 7.07. The van der Waals surface area contributed by atoms with Crippen molar-refractivity contribution >= 4 is 0 Å². The quantitative estimate of drug-likeness (QED) is 0.234. The lowest BCUT2D eigenvalue weighted by Gasteiger charge is -2.57. The van der Waals surface area contributed by atoms with Gasteiger partial charge in [0.15, 0.2) is 0 Å². The van der Waals surface area contributed by atoms with Crippen molar-refractivity contribution in [3.05, 3.63) is 203 Å². The van der Waals surface area contributed by atoms with E-state index in [0.29, 0.717) is 0 Å². The van der Waals surface area contributed by atoms with Crippen LogP contribution in [-0.4, -0.2) is 0 Å². The minimum Gasteiger partial charge on any atom is -0.0622 e. The van der Waals surface area contributed by atoms with E-state index in [4.69, 9.17) is 0 Å². The van der Waals surface area contributed by atoms with Crippen molar-refractivity contribution in [2.24, 2.45) is 0 Å². The highest BCUT2D eigenvalue weighted by molar-refractivity contribution is 5.85. The highest BCUT2D eigenvalue weighted by atomic mass is 14.6. The van der Waals surface area contributed by atoms with Crippen molar-refractivity contribution in [2.45, 2.75) is 10.8 Å². The Morgan fingerprint density at radius 1 is 0.237 bits per heavy atom. The van der Waals surface area contributed by atoms with E-state index >= 15 is 0 Å². The SMILES string of the molecule is c1ccc(C2(c3ccccc3)c3ccccc3-c3ccccc3C2(c2ccccc2)c2ccccc2)cc1. The average molecular weight is 485 g/mol. The summed E-state index contributed by atoms with van der Waals surface area (Å²) in [5, 5.41) is 0. The fraction of sp³-hybridized carbons (Fsp3) is 0.0526. The summed E-state index contributed by atoms with van der Waals surface area (Å²) >= 11 is 0. The molecule has 0 heteroatoms. The summed E-state index contributed by atoms with van der Waals surface area (Å²) in [4.78, 5) is 0. The molecule has 0 atom stereocenters. The van der Waals surface area contributed by atoms with Gasteiger partial charge in [-0.15, -0.1) is 0 Å². The molecule has 7 rings (SSSR count). The number of fused-ring (bicyclic) bond motifs is 3. The number of rotatable bonds is 4. The number of hydrogen-bond acceptors (Lipinski definition) is 0. The van der Waals surface area contributed by atoms with Crippen LogP contribution in [-0.2, 0) is 10.8 Å². The second kappa shape index (κ2) is 9.01. The summed E-state index contributed by atoms with van der Waals surface area (Å²) in [5.41, 5.74) is 9.26. The van der Waals surface area contributed by atoms with Crippen LogP contribution in [0.3, 0.4) is 0 Å². The molecule has 0 aliphatic heterocycles. The third-order valence-electron chi connectivity index (χ3n) is 8.34. The Hall–Kier alpha value is -4.68. The lowest BCUT2D eigenvalue weighted by Crippen LogP contribution is -2.54. The number of hydrogen-bond donors (Lipinski definition) is 0. The second-order valence-electron chi connectivity index (χ2n) is 10.1. The summed E-state index contributed by atoms with van der Waals surface area (Å²) in [6, 6.07) is 62.6. The van der Waals surface area contributed by atoms with Crippen molar-refractivity contribution in [3.63, 3.8) is 0 Å². The maximum absolute atomic E-state index is 2.35. The monoisotopic (exact) mass is 484 g/mol. The highest BCUT2D eigenvalue weighted by Gasteiger charge is 2.60. The van der Waals surface area contributed by atoms with E-state index in [9.17, 15) is 0 Å². The second-order valence-corrected chi connectivity index (χ2v) is 10.1. The lowest BCUT2D eigenvalue weighted by atomic mass is 9.44. The normalized spacial score (nSPS) is 14.7. The zero-order chi connectivity index (χ0) is 25.4. The van der Waals surface area contributed by atoms with Crippen molar-refractivity contribution in [3.8, 4) is 11.1 Å². The molecular weight excluding hydrogens is 456 g/mol. The van der Waals surface area contributed by atoms with Crippen LogP contribution in [0.1, 0.15) is 33.4 Å². The maximum Gasteiger partial charge on any atom is 0.0635 e. The van der Waals surface area contributed by atoms with Gasteiger partial charge in [-0.1, -0.05) is 170 Å². The summed E-state index contributed by atoms with van der Waals surface area (Å²) in [6.07, 6.45) is 0. The average Bonchev–Trinajstić information content (AvgIpc) is 3.02. The van der Waals surface area contributed by atoms with Crippen LogP contribution < -0.4 is 0 Å². The standard InChI is InChI=1S/C38H28/c1-5-17-29(18-6-1)37(30-19-7-2-8-20-30)35-27-15-13-25-33(35)34-26-14-16-28-36(34)38(37,31-21-9-3-10-22-31)32-23-11-4-12-24-32/h1-28H. The van der Waals surface area contributed by atoms with Crippen molar-refractivity contribution in [2.75, 3.05) is 0 Å². The van der Waals surface area contributed by atoms with Crippen LogP contribution >= 0.6 is 0 Å². The van der Waals surface area contributed by atoms with Crippen LogP contribution in [0.5, 0.6) is 0 Å². The molecule has 6 aromatic carbocycles. The highest BCUT2D eigenvalue weighted by Crippen LogP contribution is 2.65. The van der Waals surface area contributed by atoms with Gasteiger partial charge in [-0.05, 0) is 44.5 Å². The summed E-state index contributed by atoms with van der Waals surface area (Å²) in [5.74, 6) is 0. The molecule has 0 aromatic heterocycles. The van der Waals surface area contributed by atoms with Gasteiger partial charge in [-0.25, -0.2) is 0 Å². The molecule has 6 aromatic rings. The predicted molar refractivity (Wildman–Crippen MR) is 157 cm³/mol. The van der Waals surface area contributed by atoms with Gasteiger partial charge >= 0.3 is 0 Å². The first-order valence-electron chi connectivity index (χ1n) is 13.3. The first-order valence-corrected chi connectivity index (χ1v) is 13.3. The maximum atomic E-state index is 2.35. The van der Waals surface area contributed by atoms with E-state index in [0.717, 1.165) is 0 Å². The third kappa shape index (κ3) is 2.98. The molecule has 0 spiro atoms. The smallest absolute Gasteiger partial charge is 0.0622 e. The predicted octanol–water partition coefficient (Wildman–Crippen LogP) is 9.04. The third-order valence-corrected chi connectivity index (χ3v) is 8.34. The Morgan fingerprint density at radius 3 is 0.763 bits per heavy atom. The van der Waals surface area contributed by atoms with E-state index < -0.39 is 10.8 Å². The summed E-state index contributed by atoms with van der Waals surface area (Å²) in [7, 11) is 0. The molecule has 1 aliphatic carbocycles. The first-order chi connectivity index (χ1) is 18.9. The Labute approximate surface area is 224 Å². The molecule has 0 radical (unpaired) electrons. The van der Waals surface area contributed by atoms with Gasteiger partial charge in [-0.3, -0.25) is 0 Å². The molecule has 0 saturated heterocycles. The van der Waals surface area contributed by atoms with Gasteiger partial charge in [0.1, 0.15) is 0 Å². The minimum absolute atomic E-state index is 0.539. The largest absolute Gasteiger partial charge is 0.0635 e. The molecule has 38 heavy (non-hydrogen) atoms. The van der Waals surface area contributed by atoms with Crippen molar-refractivity contribution in [1.29, 1.82) is 0 Å². The molecular formula is C38H28. The molecule has 0 unspecified atom stereocenters. The molecule has 180 valence electrons.